The molecule has 12 heavy (non-hydrogen) atoms. The molecule has 0 saturated heterocycles. The molecular formula is C8H11ClOS2. The van der Waals surface area contributed by atoms with Gasteiger partial charge in [0.15, 0.2) is 0 Å². The van der Waals surface area contributed by atoms with E-state index in [1.54, 1.807) is 11.8 Å². The third-order valence-corrected chi connectivity index (χ3v) is 3.85. The Kier molecular flexibility index (Phi) is 4.43. The summed E-state index contributed by atoms with van der Waals surface area (Å²) in [6.45, 7) is 2.08. The summed E-state index contributed by atoms with van der Waals surface area (Å²) in [7, 11) is 0. The second kappa shape index (κ2) is 5.12. The van der Waals surface area contributed by atoms with Gasteiger partial charge in [-0.25, -0.2) is 0 Å². The van der Waals surface area contributed by atoms with Crippen molar-refractivity contribution in [2.75, 3.05) is 11.5 Å². The SMILES string of the molecule is CCSCC(O)c1sccc1Cl. The monoisotopic (exact) mass is 222 g/mol. The molecule has 0 spiro atoms. The van der Waals surface area contributed by atoms with Crippen LogP contribution in [-0.4, -0.2) is 16.6 Å². The molecule has 0 aromatic carbocycles. The summed E-state index contributed by atoms with van der Waals surface area (Å²) in [5, 5.41) is 12.2. The molecule has 1 nitrogen and oxygen atoms in total. The lowest BCUT2D eigenvalue weighted by Crippen LogP contribution is -1.98. The van der Waals surface area contributed by atoms with Crippen LogP contribution in [0.3, 0.4) is 0 Å². The molecule has 0 aliphatic rings. The van der Waals surface area contributed by atoms with Crippen LogP contribution < -0.4 is 0 Å². The second-order valence-corrected chi connectivity index (χ2v) is 4.98. The van der Waals surface area contributed by atoms with Gasteiger partial charge in [0.05, 0.1) is 16.0 Å². The van der Waals surface area contributed by atoms with Crippen molar-refractivity contribution >= 4 is 34.7 Å². The highest BCUT2D eigenvalue weighted by molar-refractivity contribution is 7.99. The highest BCUT2D eigenvalue weighted by Crippen LogP contribution is 2.30. The fraction of sp³-hybridized carbons (Fsp3) is 0.500. The molecule has 1 aromatic heterocycles. The van der Waals surface area contributed by atoms with E-state index in [9.17, 15) is 5.11 Å². The predicted octanol–water partition coefficient (Wildman–Crippen LogP) is 3.19. The fourth-order valence-electron chi connectivity index (χ4n) is 0.848. The average molecular weight is 223 g/mol. The van der Waals surface area contributed by atoms with E-state index in [4.69, 9.17) is 11.6 Å². The molecule has 4 heteroatoms. The lowest BCUT2D eigenvalue weighted by molar-refractivity contribution is 0.208. The molecule has 0 saturated carbocycles. The average Bonchev–Trinajstić information content (AvgIpc) is 2.47. The minimum Gasteiger partial charge on any atom is -0.387 e. The Morgan fingerprint density at radius 2 is 2.50 bits per heavy atom. The summed E-state index contributed by atoms with van der Waals surface area (Å²) in [5.41, 5.74) is 0. The Bertz CT molecular complexity index is 237. The van der Waals surface area contributed by atoms with E-state index in [2.05, 4.69) is 6.92 Å². The quantitative estimate of drug-likeness (QED) is 0.845. The number of hydrogen-bond donors (Lipinski definition) is 1. The van der Waals surface area contributed by atoms with Crippen molar-refractivity contribution in [3.8, 4) is 0 Å². The van der Waals surface area contributed by atoms with Crippen molar-refractivity contribution in [2.45, 2.75) is 13.0 Å². The van der Waals surface area contributed by atoms with Crippen LogP contribution in [0.15, 0.2) is 11.4 Å². The number of rotatable bonds is 4. The van der Waals surface area contributed by atoms with Crippen LogP contribution in [0.25, 0.3) is 0 Å². The third kappa shape index (κ3) is 2.66. The number of thiophene rings is 1. The zero-order chi connectivity index (χ0) is 8.97. The van der Waals surface area contributed by atoms with Crippen LogP contribution in [0.4, 0.5) is 0 Å². The Morgan fingerprint density at radius 3 is 3.00 bits per heavy atom. The second-order valence-electron chi connectivity index (χ2n) is 2.31. The summed E-state index contributed by atoms with van der Waals surface area (Å²) >= 11 is 9.09. The molecule has 0 bridgehead atoms. The first-order valence-electron chi connectivity index (χ1n) is 3.74. The largest absolute Gasteiger partial charge is 0.387 e. The maximum atomic E-state index is 9.63. The van der Waals surface area contributed by atoms with Gasteiger partial charge in [-0.1, -0.05) is 18.5 Å². The van der Waals surface area contributed by atoms with Crippen LogP contribution in [0.5, 0.6) is 0 Å². The summed E-state index contributed by atoms with van der Waals surface area (Å²) in [4.78, 5) is 0.887. The van der Waals surface area contributed by atoms with Crippen molar-refractivity contribution in [1.29, 1.82) is 0 Å². The van der Waals surface area contributed by atoms with Gasteiger partial charge < -0.3 is 5.11 Å². The molecule has 68 valence electrons. The van der Waals surface area contributed by atoms with Crippen molar-refractivity contribution < 1.29 is 5.11 Å². The Hall–Kier alpha value is 0.300. The van der Waals surface area contributed by atoms with Gasteiger partial charge in [-0.3, -0.25) is 0 Å². The van der Waals surface area contributed by atoms with Crippen molar-refractivity contribution in [3.05, 3.63) is 21.3 Å². The first-order chi connectivity index (χ1) is 5.75. The smallest absolute Gasteiger partial charge is 0.0986 e. The normalized spacial score (nSPS) is 13.2. The standard InChI is InChI=1S/C8H11ClOS2/c1-2-11-5-7(10)8-6(9)3-4-12-8/h3-4,7,10H,2,5H2,1H3. The lowest BCUT2D eigenvalue weighted by Gasteiger charge is -2.07. The van der Waals surface area contributed by atoms with E-state index < -0.39 is 6.10 Å². The maximum absolute atomic E-state index is 9.63. The Morgan fingerprint density at radius 1 is 1.75 bits per heavy atom. The first kappa shape index (κ1) is 10.4. The van der Waals surface area contributed by atoms with Gasteiger partial charge in [-0.2, -0.15) is 11.8 Å². The molecule has 0 amide bonds. The highest BCUT2D eigenvalue weighted by Gasteiger charge is 2.11. The number of halogens is 1. The Balaban J connectivity index is 2.52. The molecular weight excluding hydrogens is 212 g/mol. The molecule has 1 unspecified atom stereocenters. The van der Waals surface area contributed by atoms with Crippen LogP contribution in [0, 0.1) is 0 Å². The van der Waals surface area contributed by atoms with Crippen molar-refractivity contribution in [2.24, 2.45) is 0 Å². The molecule has 0 radical (unpaired) electrons. The minimum absolute atomic E-state index is 0.401. The van der Waals surface area contributed by atoms with Gasteiger partial charge in [-0.15, -0.1) is 11.3 Å². The molecule has 1 aromatic rings. The van der Waals surface area contributed by atoms with Crippen LogP contribution in [0.1, 0.15) is 17.9 Å². The lowest BCUT2D eigenvalue weighted by atomic mass is 10.3. The van der Waals surface area contributed by atoms with Gasteiger partial charge >= 0.3 is 0 Å². The molecule has 1 N–H and O–H groups in total. The van der Waals surface area contributed by atoms with Crippen LogP contribution in [0.2, 0.25) is 5.02 Å². The maximum Gasteiger partial charge on any atom is 0.0986 e. The molecule has 1 atom stereocenters. The van der Waals surface area contributed by atoms with Gasteiger partial charge in [0.1, 0.15) is 0 Å². The van der Waals surface area contributed by atoms with E-state index in [1.165, 1.54) is 11.3 Å². The van der Waals surface area contributed by atoms with Crippen LogP contribution in [-0.2, 0) is 0 Å². The molecule has 1 rings (SSSR count). The zero-order valence-corrected chi connectivity index (χ0v) is 9.18. The summed E-state index contributed by atoms with van der Waals surface area (Å²) in [6.07, 6.45) is -0.401. The van der Waals surface area contributed by atoms with E-state index in [0.717, 1.165) is 16.4 Å². The third-order valence-electron chi connectivity index (χ3n) is 1.43. The molecule has 0 aliphatic carbocycles. The number of hydrogen-bond acceptors (Lipinski definition) is 3. The summed E-state index contributed by atoms with van der Waals surface area (Å²) in [5.74, 6) is 1.76. The van der Waals surface area contributed by atoms with Gasteiger partial charge in [0, 0.05) is 5.75 Å². The fourth-order valence-corrected chi connectivity index (χ4v) is 2.75. The Labute approximate surface area is 85.8 Å². The van der Waals surface area contributed by atoms with E-state index in [0.29, 0.717) is 5.02 Å². The summed E-state index contributed by atoms with van der Waals surface area (Å²) in [6, 6.07) is 1.82. The van der Waals surface area contributed by atoms with Gasteiger partial charge in [-0.05, 0) is 17.2 Å². The summed E-state index contributed by atoms with van der Waals surface area (Å²) < 4.78 is 0. The van der Waals surface area contributed by atoms with E-state index in [-0.39, 0.29) is 0 Å². The van der Waals surface area contributed by atoms with E-state index in [1.807, 2.05) is 11.4 Å². The van der Waals surface area contributed by atoms with Crippen molar-refractivity contribution in [3.63, 3.8) is 0 Å². The zero-order valence-electron chi connectivity index (χ0n) is 6.79. The number of thioether (sulfide) groups is 1. The van der Waals surface area contributed by atoms with Gasteiger partial charge in [0.2, 0.25) is 0 Å². The van der Waals surface area contributed by atoms with E-state index >= 15 is 0 Å². The van der Waals surface area contributed by atoms with Crippen molar-refractivity contribution in [1.82, 2.24) is 0 Å². The molecule has 0 fully saturated rings. The number of aliphatic hydroxyl groups is 1. The minimum atomic E-state index is -0.401. The number of aliphatic hydroxyl groups excluding tert-OH is 1. The van der Waals surface area contributed by atoms with Crippen LogP contribution >= 0.6 is 34.7 Å². The predicted molar refractivity (Wildman–Crippen MR) is 57.3 cm³/mol. The first-order valence-corrected chi connectivity index (χ1v) is 6.15. The highest BCUT2D eigenvalue weighted by atomic mass is 35.5. The molecule has 1 heterocycles. The van der Waals surface area contributed by atoms with Gasteiger partial charge in [0.25, 0.3) is 0 Å². The molecule has 0 aliphatic heterocycles. The topological polar surface area (TPSA) is 20.2 Å².